The summed E-state index contributed by atoms with van der Waals surface area (Å²) in [6, 6.07) is 0. The first-order valence-corrected chi connectivity index (χ1v) is 5.82. The summed E-state index contributed by atoms with van der Waals surface area (Å²) in [7, 11) is 0. The molecular weight excluding hydrogens is 262 g/mol. The lowest BCUT2D eigenvalue weighted by Gasteiger charge is -2.08. The maximum atomic E-state index is 10.2. The molecule has 0 radical (unpaired) electrons. The number of carbonyl (C=O) groups excluding carboxylic acids is 2. The molecule has 2 amide bonds. The van der Waals surface area contributed by atoms with Crippen molar-refractivity contribution in [2.75, 3.05) is 0 Å². The van der Waals surface area contributed by atoms with E-state index in [2.05, 4.69) is 0 Å². The Bertz CT molecular complexity index is 358. The van der Waals surface area contributed by atoms with Crippen molar-refractivity contribution in [2.24, 2.45) is 0 Å². The van der Waals surface area contributed by atoms with Crippen molar-refractivity contribution in [1.29, 1.82) is 0 Å². The van der Waals surface area contributed by atoms with Crippen LogP contribution in [0.3, 0.4) is 0 Å². The molecule has 1 rings (SSSR count). The summed E-state index contributed by atoms with van der Waals surface area (Å²) < 4.78 is 0. The van der Waals surface area contributed by atoms with Gasteiger partial charge in [-0.15, -0.1) is 11.8 Å². The van der Waals surface area contributed by atoms with Gasteiger partial charge in [-0.25, -0.2) is 0 Å². The molecule has 0 bridgehead atoms. The van der Waals surface area contributed by atoms with Crippen LogP contribution in [0.5, 0.6) is 0 Å². The number of hydrogen-bond acceptors (Lipinski definition) is 5. The highest BCUT2D eigenvalue weighted by Gasteiger charge is 2.19. The van der Waals surface area contributed by atoms with E-state index in [0.29, 0.717) is 0 Å². The van der Waals surface area contributed by atoms with Crippen LogP contribution in [0.25, 0.3) is 0 Å². The Morgan fingerprint density at radius 2 is 1.39 bits per heavy atom. The molecule has 0 aliphatic carbocycles. The van der Waals surface area contributed by atoms with Crippen molar-refractivity contribution in [2.45, 2.75) is 24.3 Å². The minimum absolute atomic E-state index is 0.329. The van der Waals surface area contributed by atoms with Crippen LogP contribution in [0.4, 0.5) is 0 Å². The first-order chi connectivity index (χ1) is 8.23. The largest absolute Gasteiger partial charge is 0.480 e. The number of imide groups is 1. The molecule has 0 saturated carbocycles. The smallest absolute Gasteiger partial charge is 0.316 e. The van der Waals surface area contributed by atoms with E-state index >= 15 is 0 Å². The zero-order valence-electron chi connectivity index (χ0n) is 9.75. The molecular formula is C10H13NO6S. The maximum Gasteiger partial charge on any atom is 0.316 e. The van der Waals surface area contributed by atoms with E-state index in [1.807, 2.05) is 5.32 Å². The molecule has 0 spiro atoms. The van der Waals surface area contributed by atoms with Crippen molar-refractivity contribution in [3.05, 3.63) is 12.2 Å². The molecule has 100 valence electrons. The molecule has 18 heavy (non-hydrogen) atoms. The Balaban J connectivity index is 0.000000351. The van der Waals surface area contributed by atoms with Crippen LogP contribution in [0.1, 0.15) is 13.8 Å². The molecule has 2 unspecified atom stereocenters. The summed E-state index contributed by atoms with van der Waals surface area (Å²) in [5, 5.41) is 17.5. The first kappa shape index (κ1) is 16.2. The minimum atomic E-state index is -0.983. The molecule has 3 N–H and O–H groups in total. The number of carboxylic acid groups (broad SMARTS) is 2. The van der Waals surface area contributed by atoms with Crippen LogP contribution >= 0.6 is 11.8 Å². The van der Waals surface area contributed by atoms with Crippen LogP contribution in [0, 0.1) is 0 Å². The van der Waals surface area contributed by atoms with Gasteiger partial charge >= 0.3 is 11.9 Å². The fourth-order valence-electron chi connectivity index (χ4n) is 0.779. The standard InChI is InChI=1S/C6H10O4S.C4H3NO2/c1-3(5(7)8)11-4(2)6(9)10;6-3-1-2-4(7)5-3/h3-4H,1-2H3,(H,7,8)(H,9,10);1-2H,(H,5,6,7). The molecule has 0 aromatic carbocycles. The van der Waals surface area contributed by atoms with E-state index < -0.39 is 22.4 Å². The molecule has 0 aromatic rings. The number of aliphatic carboxylic acids is 2. The summed E-state index contributed by atoms with van der Waals surface area (Å²) in [6.45, 7) is 2.93. The van der Waals surface area contributed by atoms with Gasteiger partial charge in [0.05, 0.1) is 0 Å². The highest BCUT2D eigenvalue weighted by molar-refractivity contribution is 8.01. The van der Waals surface area contributed by atoms with Crippen molar-refractivity contribution in [3.63, 3.8) is 0 Å². The zero-order chi connectivity index (χ0) is 14.3. The van der Waals surface area contributed by atoms with Gasteiger partial charge in [0.1, 0.15) is 10.5 Å². The van der Waals surface area contributed by atoms with Gasteiger partial charge in [0.15, 0.2) is 0 Å². The quantitative estimate of drug-likeness (QED) is 0.611. The normalized spacial score (nSPS) is 16.3. The fourth-order valence-corrected chi connectivity index (χ4v) is 1.62. The van der Waals surface area contributed by atoms with E-state index in [9.17, 15) is 19.2 Å². The summed E-state index contributed by atoms with van der Waals surface area (Å²) in [5.74, 6) is -2.62. The number of amides is 2. The topological polar surface area (TPSA) is 121 Å². The minimum Gasteiger partial charge on any atom is -0.480 e. The van der Waals surface area contributed by atoms with Crippen molar-refractivity contribution in [1.82, 2.24) is 5.32 Å². The zero-order valence-corrected chi connectivity index (χ0v) is 10.6. The molecule has 8 heteroatoms. The molecule has 0 fully saturated rings. The number of thioether (sulfide) groups is 1. The van der Waals surface area contributed by atoms with Gasteiger partial charge in [-0.05, 0) is 13.8 Å². The van der Waals surface area contributed by atoms with Gasteiger partial charge in [0, 0.05) is 12.2 Å². The van der Waals surface area contributed by atoms with Gasteiger partial charge in [-0.1, -0.05) is 0 Å². The van der Waals surface area contributed by atoms with Gasteiger partial charge in [-0.3, -0.25) is 24.5 Å². The lowest BCUT2D eigenvalue weighted by atomic mass is 10.5. The van der Waals surface area contributed by atoms with Crippen molar-refractivity contribution >= 4 is 35.5 Å². The summed E-state index contributed by atoms with van der Waals surface area (Å²) in [5.41, 5.74) is 0. The SMILES string of the molecule is CC(SC(C)C(=O)O)C(=O)O.O=C1C=CC(=O)N1. The van der Waals surface area contributed by atoms with Gasteiger partial charge in [0.2, 0.25) is 0 Å². The highest BCUT2D eigenvalue weighted by Crippen LogP contribution is 2.17. The highest BCUT2D eigenvalue weighted by atomic mass is 32.2. The van der Waals surface area contributed by atoms with E-state index in [-0.39, 0.29) is 11.8 Å². The van der Waals surface area contributed by atoms with Gasteiger partial charge in [0.25, 0.3) is 11.8 Å². The number of hydrogen-bond donors (Lipinski definition) is 3. The first-order valence-electron chi connectivity index (χ1n) is 4.88. The van der Waals surface area contributed by atoms with Crippen LogP contribution in [0.15, 0.2) is 12.2 Å². The summed E-state index contributed by atoms with van der Waals surface area (Å²) >= 11 is 0.917. The third kappa shape index (κ3) is 6.69. The van der Waals surface area contributed by atoms with E-state index in [0.717, 1.165) is 11.8 Å². The predicted molar refractivity (Wildman–Crippen MR) is 64.1 cm³/mol. The Kier molecular flexibility index (Phi) is 6.73. The van der Waals surface area contributed by atoms with Gasteiger partial charge in [-0.2, -0.15) is 0 Å². The third-order valence-electron chi connectivity index (χ3n) is 1.74. The summed E-state index contributed by atoms with van der Waals surface area (Å²) in [4.78, 5) is 40.6. The van der Waals surface area contributed by atoms with Crippen LogP contribution in [-0.4, -0.2) is 44.5 Å². The molecule has 1 aliphatic rings. The van der Waals surface area contributed by atoms with Crippen LogP contribution in [0.2, 0.25) is 0 Å². The fraction of sp³-hybridized carbons (Fsp3) is 0.400. The number of rotatable bonds is 4. The molecule has 0 saturated heterocycles. The van der Waals surface area contributed by atoms with E-state index in [4.69, 9.17) is 10.2 Å². The van der Waals surface area contributed by atoms with E-state index in [1.165, 1.54) is 26.0 Å². The number of carboxylic acids is 2. The van der Waals surface area contributed by atoms with E-state index in [1.54, 1.807) is 0 Å². The molecule has 7 nitrogen and oxygen atoms in total. The second-order valence-electron chi connectivity index (χ2n) is 3.28. The Labute approximate surface area is 107 Å². The predicted octanol–water partition coefficient (Wildman–Crippen LogP) is -0.135. The molecule has 2 atom stereocenters. The monoisotopic (exact) mass is 275 g/mol. The molecule has 1 aliphatic heterocycles. The second kappa shape index (κ2) is 7.49. The number of carbonyl (C=O) groups is 4. The lowest BCUT2D eigenvalue weighted by molar-refractivity contribution is -0.136. The average Bonchev–Trinajstić information content (AvgIpc) is 2.62. The number of nitrogens with one attached hydrogen (secondary N) is 1. The summed E-state index contributed by atoms with van der Waals surface area (Å²) in [6.07, 6.45) is 2.39. The third-order valence-corrected chi connectivity index (χ3v) is 2.96. The maximum absolute atomic E-state index is 10.2. The average molecular weight is 275 g/mol. The molecule has 0 aromatic heterocycles. The van der Waals surface area contributed by atoms with Crippen molar-refractivity contribution in [3.8, 4) is 0 Å². The van der Waals surface area contributed by atoms with Gasteiger partial charge < -0.3 is 10.2 Å². The molecule has 1 heterocycles. The Morgan fingerprint density at radius 3 is 1.56 bits per heavy atom. The van der Waals surface area contributed by atoms with Crippen molar-refractivity contribution < 1.29 is 29.4 Å². The Morgan fingerprint density at radius 1 is 1.06 bits per heavy atom. The lowest BCUT2D eigenvalue weighted by Crippen LogP contribution is -2.20. The van der Waals surface area contributed by atoms with Crippen LogP contribution in [-0.2, 0) is 19.2 Å². The Hall–Kier alpha value is -1.83. The van der Waals surface area contributed by atoms with Crippen LogP contribution < -0.4 is 5.32 Å². The second-order valence-corrected chi connectivity index (χ2v) is 4.97.